The Hall–Kier alpha value is -3.04. The fourth-order valence-corrected chi connectivity index (χ4v) is 3.92. The maximum atomic E-state index is 12.6. The van der Waals surface area contributed by atoms with Crippen LogP contribution in [0.1, 0.15) is 6.92 Å². The number of nitrogens with one attached hydrogen (secondary N) is 2. The van der Waals surface area contributed by atoms with Gasteiger partial charge in [0, 0.05) is 15.8 Å². The van der Waals surface area contributed by atoms with Gasteiger partial charge in [0.2, 0.25) is 0 Å². The van der Waals surface area contributed by atoms with E-state index >= 15 is 0 Å². The quantitative estimate of drug-likeness (QED) is 0.441. The molecule has 0 aliphatic carbocycles. The Balaban J connectivity index is 1.56. The summed E-state index contributed by atoms with van der Waals surface area (Å²) in [6.45, 7) is 2.24. The van der Waals surface area contributed by atoms with E-state index in [0.717, 1.165) is 4.47 Å². The van der Waals surface area contributed by atoms with Crippen LogP contribution in [-0.4, -0.2) is 27.5 Å². The number of carbonyl (C=O) groups excluding carboxylic acids is 1. The molecule has 0 saturated carbocycles. The van der Waals surface area contributed by atoms with Crippen LogP contribution in [-0.2, 0) is 14.8 Å². The minimum atomic E-state index is -3.77. The van der Waals surface area contributed by atoms with Gasteiger partial charge in [-0.3, -0.25) is 9.52 Å². The normalized spacial score (nSPS) is 10.9. The number of halogens is 1. The predicted octanol–water partition coefficient (Wildman–Crippen LogP) is 4.67. The van der Waals surface area contributed by atoms with Gasteiger partial charge in [0.25, 0.3) is 15.9 Å². The minimum absolute atomic E-state index is 0.0745. The zero-order valence-corrected chi connectivity index (χ0v) is 19.1. The van der Waals surface area contributed by atoms with Crippen molar-refractivity contribution in [1.29, 1.82) is 0 Å². The van der Waals surface area contributed by atoms with E-state index in [0.29, 0.717) is 29.5 Å². The molecule has 0 bridgehead atoms. The van der Waals surface area contributed by atoms with E-state index in [1.54, 1.807) is 36.4 Å². The van der Waals surface area contributed by atoms with Crippen molar-refractivity contribution in [3.63, 3.8) is 0 Å². The number of carbonyl (C=O) groups is 1. The topological polar surface area (TPSA) is 93.7 Å². The second-order valence-electron chi connectivity index (χ2n) is 6.38. The van der Waals surface area contributed by atoms with Crippen LogP contribution in [0.25, 0.3) is 0 Å². The predicted molar refractivity (Wildman–Crippen MR) is 123 cm³/mol. The van der Waals surface area contributed by atoms with Gasteiger partial charge >= 0.3 is 0 Å². The first-order chi connectivity index (χ1) is 14.9. The highest BCUT2D eigenvalue weighted by Gasteiger charge is 2.14. The molecule has 7 nitrogen and oxygen atoms in total. The van der Waals surface area contributed by atoms with Crippen LogP contribution in [0.15, 0.2) is 82.2 Å². The fraction of sp³-hybridized carbons (Fsp3) is 0.136. The Morgan fingerprint density at radius 3 is 2.00 bits per heavy atom. The molecule has 9 heteroatoms. The lowest BCUT2D eigenvalue weighted by Gasteiger charge is -2.11. The lowest BCUT2D eigenvalue weighted by atomic mass is 10.3. The van der Waals surface area contributed by atoms with Crippen molar-refractivity contribution in [2.75, 3.05) is 23.3 Å². The maximum absolute atomic E-state index is 12.6. The van der Waals surface area contributed by atoms with Crippen molar-refractivity contribution >= 4 is 43.2 Å². The number of amides is 1. The molecule has 31 heavy (non-hydrogen) atoms. The summed E-state index contributed by atoms with van der Waals surface area (Å²) in [4.78, 5) is 12.1. The molecule has 0 radical (unpaired) electrons. The average Bonchev–Trinajstić information content (AvgIpc) is 2.75. The number of ether oxygens (including phenoxy) is 2. The first-order valence-corrected chi connectivity index (χ1v) is 11.7. The van der Waals surface area contributed by atoms with E-state index in [1.165, 1.54) is 24.3 Å². The van der Waals surface area contributed by atoms with Gasteiger partial charge < -0.3 is 14.8 Å². The Kier molecular flexibility index (Phi) is 7.54. The summed E-state index contributed by atoms with van der Waals surface area (Å²) in [5.41, 5.74) is 0.885. The maximum Gasteiger partial charge on any atom is 0.262 e. The van der Waals surface area contributed by atoms with E-state index < -0.39 is 10.0 Å². The van der Waals surface area contributed by atoms with Crippen LogP contribution in [0.2, 0.25) is 0 Å². The number of anilines is 2. The highest BCUT2D eigenvalue weighted by Crippen LogP contribution is 2.21. The lowest BCUT2D eigenvalue weighted by molar-refractivity contribution is -0.118. The third-order valence-electron chi connectivity index (χ3n) is 4.05. The summed E-state index contributed by atoms with van der Waals surface area (Å²) >= 11 is 3.33. The SMILES string of the molecule is CCOc1ccc(NS(=O)(=O)c2ccc(NC(=O)COc3ccc(Br)cc3)cc2)cc1. The lowest BCUT2D eigenvalue weighted by Crippen LogP contribution is -2.20. The van der Waals surface area contributed by atoms with Crippen molar-refractivity contribution in [2.24, 2.45) is 0 Å². The smallest absolute Gasteiger partial charge is 0.262 e. The summed E-state index contributed by atoms with van der Waals surface area (Å²) in [6, 6.07) is 19.6. The Bertz CT molecular complexity index is 1120. The molecule has 0 heterocycles. The monoisotopic (exact) mass is 504 g/mol. The largest absolute Gasteiger partial charge is 0.494 e. The van der Waals surface area contributed by atoms with Gasteiger partial charge in [-0.1, -0.05) is 15.9 Å². The Labute approximate surface area is 189 Å². The highest BCUT2D eigenvalue weighted by molar-refractivity contribution is 9.10. The molecule has 0 atom stereocenters. The molecule has 0 spiro atoms. The van der Waals surface area contributed by atoms with Crippen molar-refractivity contribution in [3.05, 3.63) is 77.3 Å². The van der Waals surface area contributed by atoms with Gasteiger partial charge in [-0.25, -0.2) is 8.42 Å². The number of rotatable bonds is 9. The zero-order chi connectivity index (χ0) is 22.3. The standard InChI is InChI=1S/C22H21BrN2O5S/c1-2-29-19-11-5-18(6-12-19)25-31(27,28)21-13-7-17(8-14-21)24-22(26)15-30-20-9-3-16(23)4-10-20/h3-14,25H,2,15H2,1H3,(H,24,26). The van der Waals surface area contributed by atoms with Gasteiger partial charge in [-0.15, -0.1) is 0 Å². The first kappa shape index (κ1) is 22.6. The molecule has 0 saturated heterocycles. The molecular formula is C22H21BrN2O5S. The zero-order valence-electron chi connectivity index (χ0n) is 16.7. The van der Waals surface area contributed by atoms with Crippen molar-refractivity contribution < 1.29 is 22.7 Å². The Morgan fingerprint density at radius 2 is 1.39 bits per heavy atom. The van der Waals surface area contributed by atoms with Gasteiger partial charge in [0.05, 0.1) is 11.5 Å². The summed E-state index contributed by atoms with van der Waals surface area (Å²) in [6.07, 6.45) is 0. The van der Waals surface area contributed by atoms with E-state index in [2.05, 4.69) is 26.0 Å². The van der Waals surface area contributed by atoms with Crippen LogP contribution in [0, 0.1) is 0 Å². The molecule has 3 aromatic rings. The molecule has 3 rings (SSSR count). The van der Waals surface area contributed by atoms with E-state index in [9.17, 15) is 13.2 Å². The summed E-state index contributed by atoms with van der Waals surface area (Å²) < 4.78 is 39.3. The van der Waals surface area contributed by atoms with Gasteiger partial charge in [-0.05, 0) is 79.7 Å². The second kappa shape index (κ2) is 10.3. The van der Waals surface area contributed by atoms with Gasteiger partial charge in [-0.2, -0.15) is 0 Å². The molecule has 2 N–H and O–H groups in total. The van der Waals surface area contributed by atoms with Crippen LogP contribution >= 0.6 is 15.9 Å². The van der Waals surface area contributed by atoms with Crippen molar-refractivity contribution in [1.82, 2.24) is 0 Å². The second-order valence-corrected chi connectivity index (χ2v) is 8.98. The number of benzene rings is 3. The summed E-state index contributed by atoms with van der Waals surface area (Å²) in [5, 5.41) is 2.67. The molecule has 0 aromatic heterocycles. The van der Waals surface area contributed by atoms with Crippen molar-refractivity contribution in [3.8, 4) is 11.5 Å². The fourth-order valence-electron chi connectivity index (χ4n) is 2.59. The summed E-state index contributed by atoms with van der Waals surface area (Å²) in [5.74, 6) is 0.876. The molecule has 1 amide bonds. The van der Waals surface area contributed by atoms with Crippen LogP contribution < -0.4 is 19.5 Å². The molecule has 0 fully saturated rings. The molecule has 162 valence electrons. The highest BCUT2D eigenvalue weighted by atomic mass is 79.9. The van der Waals surface area contributed by atoms with Crippen LogP contribution in [0.5, 0.6) is 11.5 Å². The average molecular weight is 505 g/mol. The number of sulfonamides is 1. The number of hydrogen-bond donors (Lipinski definition) is 2. The van der Waals surface area contributed by atoms with Crippen LogP contribution in [0.3, 0.4) is 0 Å². The minimum Gasteiger partial charge on any atom is -0.494 e. The molecule has 3 aromatic carbocycles. The van der Waals surface area contributed by atoms with Crippen molar-refractivity contribution in [2.45, 2.75) is 11.8 Å². The summed E-state index contributed by atoms with van der Waals surface area (Å²) in [7, 11) is -3.77. The van der Waals surface area contributed by atoms with Crippen LogP contribution in [0.4, 0.5) is 11.4 Å². The number of hydrogen-bond acceptors (Lipinski definition) is 5. The van der Waals surface area contributed by atoms with Gasteiger partial charge in [0.1, 0.15) is 11.5 Å². The molecule has 0 aliphatic heterocycles. The third-order valence-corrected chi connectivity index (χ3v) is 5.98. The van der Waals surface area contributed by atoms with E-state index in [1.807, 2.05) is 19.1 Å². The Morgan fingerprint density at radius 1 is 0.839 bits per heavy atom. The molecular weight excluding hydrogens is 484 g/mol. The third kappa shape index (κ3) is 6.73. The van der Waals surface area contributed by atoms with E-state index in [4.69, 9.17) is 9.47 Å². The molecule has 0 unspecified atom stereocenters. The first-order valence-electron chi connectivity index (χ1n) is 9.40. The molecule has 0 aliphatic rings. The van der Waals surface area contributed by atoms with E-state index in [-0.39, 0.29) is 17.4 Å². The van der Waals surface area contributed by atoms with Gasteiger partial charge in [0.15, 0.2) is 6.61 Å².